The summed E-state index contributed by atoms with van der Waals surface area (Å²) in [5.74, 6) is -1.86. The third-order valence-electron chi connectivity index (χ3n) is 9.41. The summed E-state index contributed by atoms with van der Waals surface area (Å²) in [7, 11) is 1.62. The summed E-state index contributed by atoms with van der Waals surface area (Å²) in [5.41, 5.74) is 3.30. The third kappa shape index (κ3) is 6.50. The van der Waals surface area contributed by atoms with Gasteiger partial charge in [0.2, 0.25) is 17.7 Å². The number of anilines is 4. The molecule has 0 spiro atoms. The summed E-state index contributed by atoms with van der Waals surface area (Å²) < 4.78 is 12.5. The summed E-state index contributed by atoms with van der Waals surface area (Å²) in [6.45, 7) is 5.49. The molecule has 5 aromatic rings. The standard InChI is InChI=1S/C41H41N5O6/c1-41(2,3)52-40(50)46-33-19-9-8-17-28(33)31(42-46)25-30-38(48)44(26-37(47)43-24-13-12-18-29-32(43)22-14-23-36(29)51-4)34-20-10-11-21-35(34)45(39(30)49)27-15-6-5-7-16-27/h5-11,14-17,19-23,30H,12-13,18,24-26H2,1-4H3/t30-/m1/s1. The first-order valence-electron chi connectivity index (χ1n) is 17.5. The summed E-state index contributed by atoms with van der Waals surface area (Å²) >= 11 is 0. The number of fused-ring (bicyclic) bond motifs is 3. The van der Waals surface area contributed by atoms with Gasteiger partial charge in [-0.05, 0) is 82.5 Å². The van der Waals surface area contributed by atoms with Crippen molar-refractivity contribution < 1.29 is 28.7 Å². The molecule has 1 aromatic heterocycles. The number of carbonyl (C=O) groups excluding carboxylic acids is 4. The Morgan fingerprint density at radius 1 is 0.808 bits per heavy atom. The van der Waals surface area contributed by atoms with Crippen LogP contribution in [0.3, 0.4) is 0 Å². The molecule has 0 radical (unpaired) electrons. The highest BCUT2D eigenvalue weighted by atomic mass is 16.6. The second kappa shape index (κ2) is 14.0. The molecule has 1 atom stereocenters. The molecule has 2 aliphatic rings. The van der Waals surface area contributed by atoms with Crippen LogP contribution in [0.4, 0.5) is 27.5 Å². The van der Waals surface area contributed by atoms with Crippen molar-refractivity contribution >= 4 is 57.5 Å². The maximum atomic E-state index is 15.0. The smallest absolute Gasteiger partial charge is 0.435 e. The first-order valence-corrected chi connectivity index (χ1v) is 17.5. The van der Waals surface area contributed by atoms with Crippen LogP contribution in [0.25, 0.3) is 10.9 Å². The largest absolute Gasteiger partial charge is 0.496 e. The zero-order valence-corrected chi connectivity index (χ0v) is 29.7. The number of carbonyl (C=O) groups is 4. The molecule has 2 aliphatic heterocycles. The number of para-hydroxylation sites is 4. The van der Waals surface area contributed by atoms with Crippen molar-refractivity contribution in [2.75, 3.05) is 34.9 Å². The monoisotopic (exact) mass is 699 g/mol. The van der Waals surface area contributed by atoms with E-state index >= 15 is 0 Å². The van der Waals surface area contributed by atoms with Gasteiger partial charge < -0.3 is 19.3 Å². The Hall–Kier alpha value is -5.97. The van der Waals surface area contributed by atoms with Crippen LogP contribution >= 0.6 is 0 Å². The van der Waals surface area contributed by atoms with Crippen molar-refractivity contribution in [1.82, 2.24) is 9.78 Å². The lowest BCUT2D eigenvalue weighted by Crippen LogP contribution is -2.47. The van der Waals surface area contributed by atoms with Crippen LogP contribution in [0.5, 0.6) is 5.75 Å². The number of aromatic nitrogens is 2. The van der Waals surface area contributed by atoms with Gasteiger partial charge >= 0.3 is 6.09 Å². The van der Waals surface area contributed by atoms with Crippen molar-refractivity contribution in [2.24, 2.45) is 5.92 Å². The summed E-state index contributed by atoms with van der Waals surface area (Å²) in [4.78, 5) is 62.2. The molecule has 11 heteroatoms. The number of methoxy groups -OCH3 is 1. The molecule has 0 saturated heterocycles. The van der Waals surface area contributed by atoms with Gasteiger partial charge in [-0.1, -0.05) is 54.6 Å². The molecule has 0 fully saturated rings. The normalized spacial score (nSPS) is 16.2. The minimum Gasteiger partial charge on any atom is -0.496 e. The summed E-state index contributed by atoms with van der Waals surface area (Å²) in [5, 5.41) is 5.25. The van der Waals surface area contributed by atoms with Crippen LogP contribution < -0.4 is 19.4 Å². The molecule has 7 rings (SSSR count). The number of amides is 3. The topological polar surface area (TPSA) is 114 Å². The first-order chi connectivity index (χ1) is 25.1. The third-order valence-corrected chi connectivity index (χ3v) is 9.41. The lowest BCUT2D eigenvalue weighted by Gasteiger charge is -2.29. The molecule has 0 aliphatic carbocycles. The fraction of sp³-hybridized carbons (Fsp3) is 0.293. The molecular formula is C41H41N5O6. The molecule has 0 unspecified atom stereocenters. The Kier molecular flexibility index (Phi) is 9.27. The average molecular weight is 700 g/mol. The van der Waals surface area contributed by atoms with Crippen LogP contribution in [-0.2, 0) is 32.0 Å². The number of hydrogen-bond donors (Lipinski definition) is 0. The maximum Gasteiger partial charge on any atom is 0.435 e. The van der Waals surface area contributed by atoms with Crippen LogP contribution in [0.2, 0.25) is 0 Å². The highest BCUT2D eigenvalue weighted by molar-refractivity contribution is 6.21. The van der Waals surface area contributed by atoms with E-state index < -0.39 is 29.4 Å². The number of rotatable bonds is 6. The predicted octanol–water partition coefficient (Wildman–Crippen LogP) is 7.07. The molecule has 0 saturated carbocycles. The van der Waals surface area contributed by atoms with Crippen LogP contribution in [0.15, 0.2) is 97.1 Å². The van der Waals surface area contributed by atoms with E-state index in [4.69, 9.17) is 9.47 Å². The minimum atomic E-state index is -1.29. The van der Waals surface area contributed by atoms with Crippen molar-refractivity contribution in [3.63, 3.8) is 0 Å². The molecule has 0 N–H and O–H groups in total. The molecule has 3 amide bonds. The summed E-state index contributed by atoms with van der Waals surface area (Å²) in [6, 6.07) is 29.1. The highest BCUT2D eigenvalue weighted by Crippen LogP contribution is 2.41. The van der Waals surface area contributed by atoms with E-state index in [1.807, 2.05) is 54.6 Å². The van der Waals surface area contributed by atoms with Crippen LogP contribution in [-0.4, -0.2) is 59.4 Å². The molecule has 4 aromatic carbocycles. The van der Waals surface area contributed by atoms with Crippen molar-refractivity contribution in [3.8, 4) is 5.75 Å². The van der Waals surface area contributed by atoms with E-state index in [1.165, 1.54) is 9.58 Å². The van der Waals surface area contributed by atoms with E-state index in [9.17, 15) is 19.2 Å². The average Bonchev–Trinajstić information content (AvgIpc) is 3.31. The Morgan fingerprint density at radius 2 is 1.50 bits per heavy atom. The second-order valence-corrected chi connectivity index (χ2v) is 14.0. The quantitative estimate of drug-likeness (QED) is 0.174. The van der Waals surface area contributed by atoms with Crippen LogP contribution in [0, 0.1) is 5.92 Å². The SMILES string of the molecule is COc1cccc2c1CCCCN2C(=O)CN1C(=O)[C@@H](Cc2nn(C(=O)OC(C)(C)C)c3ccccc23)C(=O)N(c2ccccc2)c2ccccc21. The van der Waals surface area contributed by atoms with E-state index in [2.05, 4.69) is 5.10 Å². The van der Waals surface area contributed by atoms with E-state index in [0.29, 0.717) is 40.2 Å². The Bertz CT molecular complexity index is 2170. The van der Waals surface area contributed by atoms with Crippen molar-refractivity contribution in [3.05, 3.63) is 108 Å². The van der Waals surface area contributed by atoms with E-state index in [-0.39, 0.29) is 18.9 Å². The van der Waals surface area contributed by atoms with Gasteiger partial charge in [0.15, 0.2) is 0 Å². The van der Waals surface area contributed by atoms with E-state index in [0.717, 1.165) is 36.3 Å². The lowest BCUT2D eigenvalue weighted by atomic mass is 9.98. The molecule has 0 bridgehead atoms. The molecule has 266 valence electrons. The van der Waals surface area contributed by atoms with Gasteiger partial charge in [-0.3, -0.25) is 19.3 Å². The number of benzene rings is 4. The fourth-order valence-corrected chi connectivity index (χ4v) is 7.09. The van der Waals surface area contributed by atoms with Gasteiger partial charge in [0.05, 0.1) is 35.4 Å². The molecular weight excluding hydrogens is 658 g/mol. The second-order valence-electron chi connectivity index (χ2n) is 14.0. The van der Waals surface area contributed by atoms with Gasteiger partial charge in [0.25, 0.3) is 0 Å². The van der Waals surface area contributed by atoms with Crippen molar-refractivity contribution in [2.45, 2.75) is 52.1 Å². The van der Waals surface area contributed by atoms with Gasteiger partial charge in [0, 0.05) is 29.6 Å². The van der Waals surface area contributed by atoms with Crippen molar-refractivity contribution in [1.29, 1.82) is 0 Å². The van der Waals surface area contributed by atoms with Gasteiger partial charge in [0.1, 0.15) is 23.8 Å². The molecule has 3 heterocycles. The number of hydrogen-bond acceptors (Lipinski definition) is 7. The first kappa shape index (κ1) is 34.5. The molecule has 11 nitrogen and oxygen atoms in total. The van der Waals surface area contributed by atoms with Gasteiger partial charge in [-0.25, -0.2) is 4.79 Å². The maximum absolute atomic E-state index is 15.0. The van der Waals surface area contributed by atoms with Gasteiger partial charge in [-0.15, -0.1) is 0 Å². The van der Waals surface area contributed by atoms with Crippen LogP contribution in [0.1, 0.15) is 44.9 Å². The highest BCUT2D eigenvalue weighted by Gasteiger charge is 2.43. The Labute approximate surface area is 302 Å². The fourth-order valence-electron chi connectivity index (χ4n) is 7.09. The Balaban J connectivity index is 1.32. The number of ether oxygens (including phenoxy) is 2. The zero-order valence-electron chi connectivity index (χ0n) is 29.7. The molecule has 52 heavy (non-hydrogen) atoms. The zero-order chi connectivity index (χ0) is 36.6. The lowest BCUT2D eigenvalue weighted by molar-refractivity contribution is -0.132. The number of nitrogens with zero attached hydrogens (tertiary/aromatic N) is 5. The summed E-state index contributed by atoms with van der Waals surface area (Å²) in [6.07, 6.45) is 1.63. The van der Waals surface area contributed by atoms with Gasteiger partial charge in [-0.2, -0.15) is 9.78 Å². The Morgan fingerprint density at radius 3 is 2.25 bits per heavy atom. The van der Waals surface area contributed by atoms with E-state index in [1.54, 1.807) is 80.1 Å². The minimum absolute atomic E-state index is 0.125. The predicted molar refractivity (Wildman–Crippen MR) is 199 cm³/mol.